The molecule has 0 amide bonds. The van der Waals surface area contributed by atoms with Crippen LogP contribution in [-0.4, -0.2) is 4.57 Å². The lowest BCUT2D eigenvalue weighted by Crippen LogP contribution is -2.12. The molecule has 0 aliphatic carbocycles. The molecule has 0 aliphatic rings. The number of nitrogens with zero attached hydrogens (tertiary/aromatic N) is 2. The van der Waals surface area contributed by atoms with Gasteiger partial charge < -0.3 is 13.9 Å². The molecular formula is C42H28N2O. The first-order chi connectivity index (χ1) is 22.4. The minimum absolute atomic E-state index is 0.870. The number of fused-ring (bicyclic) bond motifs is 6. The predicted molar refractivity (Wildman–Crippen MR) is 188 cm³/mol. The highest BCUT2D eigenvalue weighted by molar-refractivity contribution is 6.20. The Hall–Kier alpha value is -6.06. The Morgan fingerprint density at radius 2 is 0.978 bits per heavy atom. The summed E-state index contributed by atoms with van der Waals surface area (Å²) in [6.07, 6.45) is 0. The summed E-state index contributed by atoms with van der Waals surface area (Å²) < 4.78 is 8.80. The molecule has 0 N–H and O–H groups in total. The molecule has 0 atom stereocenters. The molecule has 0 spiro atoms. The molecule has 9 aromatic rings. The Balaban J connectivity index is 1.44. The van der Waals surface area contributed by atoms with Crippen LogP contribution in [-0.2, 0) is 0 Å². The molecule has 212 valence electrons. The van der Waals surface area contributed by atoms with Gasteiger partial charge >= 0.3 is 0 Å². The molecule has 3 nitrogen and oxygen atoms in total. The van der Waals surface area contributed by atoms with E-state index in [1.54, 1.807) is 0 Å². The van der Waals surface area contributed by atoms with Crippen LogP contribution in [0.3, 0.4) is 0 Å². The monoisotopic (exact) mass is 576 g/mol. The summed E-state index contributed by atoms with van der Waals surface area (Å²) >= 11 is 0. The summed E-state index contributed by atoms with van der Waals surface area (Å²) in [6.45, 7) is 0. The topological polar surface area (TPSA) is 21.3 Å². The highest BCUT2D eigenvalue weighted by Gasteiger charge is 2.25. The van der Waals surface area contributed by atoms with Crippen LogP contribution in [0.2, 0.25) is 0 Å². The summed E-state index contributed by atoms with van der Waals surface area (Å²) in [4.78, 5) is 2.44. The van der Waals surface area contributed by atoms with Crippen molar-refractivity contribution < 1.29 is 4.42 Å². The summed E-state index contributed by atoms with van der Waals surface area (Å²) in [6, 6.07) is 60.2. The fourth-order valence-electron chi connectivity index (χ4n) is 6.90. The third-order valence-electron chi connectivity index (χ3n) is 8.78. The van der Waals surface area contributed by atoms with Crippen molar-refractivity contribution in [2.45, 2.75) is 0 Å². The zero-order valence-electron chi connectivity index (χ0n) is 24.5. The molecule has 3 heteroatoms. The number of aromatic nitrogens is 1. The average molecular weight is 577 g/mol. The van der Waals surface area contributed by atoms with Crippen molar-refractivity contribution in [1.82, 2.24) is 4.57 Å². The first kappa shape index (κ1) is 25.4. The minimum Gasteiger partial charge on any atom is -0.456 e. The Morgan fingerprint density at radius 3 is 1.82 bits per heavy atom. The first-order valence-corrected chi connectivity index (χ1v) is 15.3. The molecule has 0 radical (unpaired) electrons. The maximum absolute atomic E-state index is 6.42. The van der Waals surface area contributed by atoms with Crippen molar-refractivity contribution >= 4 is 60.8 Å². The molecule has 7 aromatic carbocycles. The maximum atomic E-state index is 6.42. The van der Waals surface area contributed by atoms with Crippen molar-refractivity contribution in [3.8, 4) is 16.8 Å². The van der Waals surface area contributed by atoms with Crippen molar-refractivity contribution in [2.24, 2.45) is 0 Å². The maximum Gasteiger partial charge on any atom is 0.137 e. The highest BCUT2D eigenvalue weighted by atomic mass is 16.3. The molecule has 0 bridgehead atoms. The van der Waals surface area contributed by atoms with Gasteiger partial charge in [-0.15, -0.1) is 0 Å². The molecule has 0 fully saturated rings. The molecule has 9 rings (SSSR count). The van der Waals surface area contributed by atoms with Gasteiger partial charge in [0, 0.05) is 27.4 Å². The van der Waals surface area contributed by atoms with E-state index in [9.17, 15) is 0 Å². The summed E-state index contributed by atoms with van der Waals surface area (Å²) in [5.41, 5.74) is 10.8. The Labute approximate surface area is 260 Å². The molecule has 0 unspecified atom stereocenters. The second kappa shape index (κ2) is 10.3. The van der Waals surface area contributed by atoms with Gasteiger partial charge in [0.25, 0.3) is 0 Å². The van der Waals surface area contributed by atoms with Gasteiger partial charge in [-0.2, -0.15) is 0 Å². The molecule has 0 saturated heterocycles. The summed E-state index contributed by atoms with van der Waals surface area (Å²) in [7, 11) is 0. The molecular weight excluding hydrogens is 548 g/mol. The smallest absolute Gasteiger partial charge is 0.137 e. The van der Waals surface area contributed by atoms with Crippen molar-refractivity contribution in [1.29, 1.82) is 0 Å². The van der Waals surface area contributed by atoms with E-state index in [4.69, 9.17) is 4.42 Å². The van der Waals surface area contributed by atoms with Gasteiger partial charge in [0.1, 0.15) is 11.2 Å². The normalized spacial score (nSPS) is 11.6. The highest BCUT2D eigenvalue weighted by Crippen LogP contribution is 2.49. The Kier molecular flexibility index (Phi) is 5.82. The SMILES string of the molecule is c1ccc(-c2ccccc2N(c2cccc3oc4ccccc4c23)c2cccc3c2c2ccccc2n3-c2ccccc2)cc1. The minimum atomic E-state index is 0.870. The van der Waals surface area contributed by atoms with E-state index in [0.717, 1.165) is 55.8 Å². The van der Waals surface area contributed by atoms with E-state index in [1.807, 2.05) is 6.07 Å². The van der Waals surface area contributed by atoms with Crippen LogP contribution in [0, 0.1) is 0 Å². The van der Waals surface area contributed by atoms with E-state index in [2.05, 4.69) is 173 Å². The summed E-state index contributed by atoms with van der Waals surface area (Å²) in [5, 5.41) is 4.60. The Bertz CT molecular complexity index is 2490. The number of furan rings is 1. The second-order valence-corrected chi connectivity index (χ2v) is 11.3. The van der Waals surface area contributed by atoms with Gasteiger partial charge in [-0.1, -0.05) is 115 Å². The molecule has 2 aromatic heterocycles. The van der Waals surface area contributed by atoms with Crippen LogP contribution >= 0.6 is 0 Å². The fraction of sp³-hybridized carbons (Fsp3) is 0. The number of hydrogen-bond donors (Lipinski definition) is 0. The van der Waals surface area contributed by atoms with E-state index in [1.165, 1.54) is 21.9 Å². The molecule has 45 heavy (non-hydrogen) atoms. The van der Waals surface area contributed by atoms with E-state index >= 15 is 0 Å². The van der Waals surface area contributed by atoms with Gasteiger partial charge in [-0.3, -0.25) is 0 Å². The third kappa shape index (κ3) is 3.98. The zero-order valence-corrected chi connectivity index (χ0v) is 24.5. The van der Waals surface area contributed by atoms with E-state index < -0.39 is 0 Å². The standard InChI is InChI=1S/C42H28N2O/c1-3-15-29(16-4-1)31-19-7-10-22-34(31)44(38-26-14-28-40-42(38)33-21-9-12-27-39(33)45-40)37-25-13-24-36-41(37)32-20-8-11-23-35(32)43(36)30-17-5-2-6-18-30/h1-28H. The predicted octanol–water partition coefficient (Wildman–Crippen LogP) is 11.8. The quantitative estimate of drug-likeness (QED) is 0.203. The largest absolute Gasteiger partial charge is 0.456 e. The molecule has 0 saturated carbocycles. The van der Waals surface area contributed by atoms with Crippen LogP contribution in [0.25, 0.3) is 60.6 Å². The average Bonchev–Trinajstić information content (AvgIpc) is 3.66. The lowest BCUT2D eigenvalue weighted by atomic mass is 10.00. The zero-order chi connectivity index (χ0) is 29.7. The molecule has 0 aliphatic heterocycles. The lowest BCUT2D eigenvalue weighted by Gasteiger charge is -2.29. The van der Waals surface area contributed by atoms with Gasteiger partial charge in [0.2, 0.25) is 0 Å². The van der Waals surface area contributed by atoms with Crippen molar-refractivity contribution in [3.63, 3.8) is 0 Å². The third-order valence-corrected chi connectivity index (χ3v) is 8.78. The van der Waals surface area contributed by atoms with Crippen LogP contribution in [0.1, 0.15) is 0 Å². The van der Waals surface area contributed by atoms with Crippen molar-refractivity contribution in [2.75, 3.05) is 4.90 Å². The fourth-order valence-corrected chi connectivity index (χ4v) is 6.90. The second-order valence-electron chi connectivity index (χ2n) is 11.3. The van der Waals surface area contributed by atoms with Gasteiger partial charge in [0.05, 0.1) is 33.5 Å². The number of benzene rings is 7. The number of rotatable bonds is 5. The van der Waals surface area contributed by atoms with Crippen molar-refractivity contribution in [3.05, 3.63) is 170 Å². The lowest BCUT2D eigenvalue weighted by molar-refractivity contribution is 0.669. The number of anilines is 3. The van der Waals surface area contributed by atoms with Crippen LogP contribution < -0.4 is 4.90 Å². The number of hydrogen-bond acceptors (Lipinski definition) is 2. The van der Waals surface area contributed by atoms with Crippen LogP contribution in [0.5, 0.6) is 0 Å². The van der Waals surface area contributed by atoms with Gasteiger partial charge in [-0.25, -0.2) is 0 Å². The van der Waals surface area contributed by atoms with Crippen LogP contribution in [0.15, 0.2) is 174 Å². The van der Waals surface area contributed by atoms with Gasteiger partial charge in [-0.05, 0) is 60.2 Å². The van der Waals surface area contributed by atoms with Crippen LogP contribution in [0.4, 0.5) is 17.1 Å². The Morgan fingerprint density at radius 1 is 0.400 bits per heavy atom. The van der Waals surface area contributed by atoms with E-state index in [-0.39, 0.29) is 0 Å². The summed E-state index contributed by atoms with van der Waals surface area (Å²) in [5.74, 6) is 0. The first-order valence-electron chi connectivity index (χ1n) is 15.3. The number of para-hydroxylation sites is 4. The molecule has 2 heterocycles. The van der Waals surface area contributed by atoms with E-state index in [0.29, 0.717) is 0 Å². The van der Waals surface area contributed by atoms with Gasteiger partial charge in [0.15, 0.2) is 0 Å².